The molecule has 1 atom stereocenters. The van der Waals surface area contributed by atoms with Crippen molar-refractivity contribution in [3.05, 3.63) is 78.1 Å². The Kier molecular flexibility index (Phi) is 3.50. The smallest absolute Gasteiger partial charge is 0.0721 e. The van der Waals surface area contributed by atoms with Gasteiger partial charge < -0.3 is 13.9 Å². The molecule has 3 nitrogen and oxygen atoms in total. The van der Waals surface area contributed by atoms with Crippen molar-refractivity contribution in [2.75, 3.05) is 13.2 Å². The third-order valence-corrected chi connectivity index (χ3v) is 5.53. The van der Waals surface area contributed by atoms with Crippen LogP contribution in [0, 0.1) is 0 Å². The van der Waals surface area contributed by atoms with Gasteiger partial charge in [-0.15, -0.1) is 0 Å². The van der Waals surface area contributed by atoms with Crippen molar-refractivity contribution in [1.82, 2.24) is 9.13 Å². The summed E-state index contributed by atoms with van der Waals surface area (Å²) < 4.78 is 10.4. The zero-order valence-electron chi connectivity index (χ0n) is 15.1. The summed E-state index contributed by atoms with van der Waals surface area (Å²) in [6.45, 7) is 1.41. The lowest BCUT2D eigenvalue weighted by Crippen LogP contribution is -2.14. The number of fused-ring (bicyclic) bond motifs is 2. The standard InChI is InChI=1S/C23H22N2O/c1-24-12-20(18-7-3-5-9-22(18)24)16-11-17(15-26-14-16)21-13-25(2)23-10-6-4-8-19(21)23/h3-13,16H,14-15H2,1-2H3. The first kappa shape index (κ1) is 15.5. The van der Waals surface area contributed by atoms with Gasteiger partial charge >= 0.3 is 0 Å². The molecular weight excluding hydrogens is 320 g/mol. The van der Waals surface area contributed by atoms with Crippen LogP contribution in [0.1, 0.15) is 17.0 Å². The van der Waals surface area contributed by atoms with Gasteiger partial charge in [-0.3, -0.25) is 0 Å². The van der Waals surface area contributed by atoms with Crippen LogP contribution in [0.15, 0.2) is 67.0 Å². The number of rotatable bonds is 2. The van der Waals surface area contributed by atoms with Crippen molar-refractivity contribution < 1.29 is 4.74 Å². The maximum absolute atomic E-state index is 6.03. The predicted molar refractivity (Wildman–Crippen MR) is 107 cm³/mol. The van der Waals surface area contributed by atoms with Gasteiger partial charge in [-0.2, -0.15) is 0 Å². The molecule has 0 fully saturated rings. The van der Waals surface area contributed by atoms with Gasteiger partial charge in [-0.05, 0) is 23.3 Å². The van der Waals surface area contributed by atoms with Gasteiger partial charge in [0.25, 0.3) is 0 Å². The van der Waals surface area contributed by atoms with Crippen molar-refractivity contribution in [1.29, 1.82) is 0 Å². The molecule has 0 saturated heterocycles. The number of hydrogen-bond acceptors (Lipinski definition) is 1. The molecule has 0 spiro atoms. The fourth-order valence-corrected chi connectivity index (χ4v) is 4.25. The second-order valence-electron chi connectivity index (χ2n) is 7.20. The summed E-state index contributed by atoms with van der Waals surface area (Å²) in [5.41, 5.74) is 6.45. The number of ether oxygens (including phenoxy) is 1. The average molecular weight is 342 g/mol. The second kappa shape index (κ2) is 5.89. The largest absolute Gasteiger partial charge is 0.376 e. The molecule has 0 saturated carbocycles. The van der Waals surface area contributed by atoms with E-state index < -0.39 is 0 Å². The SMILES string of the molecule is Cn1cc(C2=CC(c3cn(C)c4ccccc34)COC2)c2ccccc21. The van der Waals surface area contributed by atoms with Gasteiger partial charge in [-0.25, -0.2) is 0 Å². The van der Waals surface area contributed by atoms with Gasteiger partial charge in [0.2, 0.25) is 0 Å². The Labute approximate surface area is 153 Å². The lowest BCUT2D eigenvalue weighted by atomic mass is 9.92. The Hall–Kier alpha value is -2.78. The van der Waals surface area contributed by atoms with Crippen LogP contribution < -0.4 is 0 Å². The lowest BCUT2D eigenvalue weighted by Gasteiger charge is -2.21. The average Bonchev–Trinajstić information content (AvgIpc) is 3.20. The highest BCUT2D eigenvalue weighted by Crippen LogP contribution is 2.35. The normalized spacial score (nSPS) is 17.8. The molecule has 1 unspecified atom stereocenters. The van der Waals surface area contributed by atoms with E-state index in [2.05, 4.69) is 90.2 Å². The maximum atomic E-state index is 6.03. The topological polar surface area (TPSA) is 19.1 Å². The molecule has 26 heavy (non-hydrogen) atoms. The summed E-state index contributed by atoms with van der Waals surface area (Å²) in [5.74, 6) is 0.281. The van der Waals surface area contributed by atoms with E-state index in [1.165, 1.54) is 38.5 Å². The van der Waals surface area contributed by atoms with Crippen LogP contribution in [0.4, 0.5) is 0 Å². The van der Waals surface area contributed by atoms with Gasteiger partial charge in [-0.1, -0.05) is 42.5 Å². The molecule has 0 bridgehead atoms. The molecule has 4 aromatic rings. The first-order valence-electron chi connectivity index (χ1n) is 9.09. The third-order valence-electron chi connectivity index (χ3n) is 5.53. The molecule has 130 valence electrons. The summed E-state index contributed by atoms with van der Waals surface area (Å²) in [6, 6.07) is 17.2. The van der Waals surface area contributed by atoms with Gasteiger partial charge in [0, 0.05) is 59.8 Å². The molecular formula is C23H22N2O. The highest BCUT2D eigenvalue weighted by Gasteiger charge is 2.22. The number of aromatic nitrogens is 2. The summed E-state index contributed by atoms with van der Waals surface area (Å²) in [5, 5.41) is 2.61. The van der Waals surface area contributed by atoms with E-state index in [0.29, 0.717) is 6.61 Å². The molecule has 2 aromatic heterocycles. The Morgan fingerprint density at radius 1 is 0.846 bits per heavy atom. The van der Waals surface area contributed by atoms with Gasteiger partial charge in [0.05, 0.1) is 13.2 Å². The first-order chi connectivity index (χ1) is 12.7. The van der Waals surface area contributed by atoms with Crippen molar-refractivity contribution in [2.45, 2.75) is 5.92 Å². The highest BCUT2D eigenvalue weighted by atomic mass is 16.5. The van der Waals surface area contributed by atoms with E-state index in [0.717, 1.165) is 6.61 Å². The lowest BCUT2D eigenvalue weighted by molar-refractivity contribution is 0.152. The minimum absolute atomic E-state index is 0.281. The van der Waals surface area contributed by atoms with Crippen LogP contribution in [0.5, 0.6) is 0 Å². The summed E-state index contributed by atoms with van der Waals surface area (Å²) in [7, 11) is 4.23. The predicted octanol–water partition coefficient (Wildman–Crippen LogP) is 4.87. The molecule has 5 rings (SSSR count). The fourth-order valence-electron chi connectivity index (χ4n) is 4.25. The molecule has 2 aromatic carbocycles. The van der Waals surface area contributed by atoms with Crippen molar-refractivity contribution in [3.63, 3.8) is 0 Å². The Morgan fingerprint density at radius 2 is 1.50 bits per heavy atom. The minimum Gasteiger partial charge on any atom is -0.376 e. The number of benzene rings is 2. The zero-order chi connectivity index (χ0) is 17.7. The first-order valence-corrected chi connectivity index (χ1v) is 9.09. The van der Waals surface area contributed by atoms with E-state index >= 15 is 0 Å². The van der Waals surface area contributed by atoms with Crippen LogP contribution >= 0.6 is 0 Å². The quantitative estimate of drug-likeness (QED) is 0.509. The third kappa shape index (κ3) is 2.31. The Bertz CT molecular complexity index is 1150. The van der Waals surface area contributed by atoms with Crippen LogP contribution in [0.25, 0.3) is 27.4 Å². The van der Waals surface area contributed by atoms with Crippen molar-refractivity contribution in [3.8, 4) is 0 Å². The summed E-state index contributed by atoms with van der Waals surface area (Å²) >= 11 is 0. The molecule has 0 N–H and O–H groups in total. The van der Waals surface area contributed by atoms with Gasteiger partial charge in [0.1, 0.15) is 0 Å². The van der Waals surface area contributed by atoms with E-state index in [1.807, 2.05) is 0 Å². The fraction of sp³-hybridized carbons (Fsp3) is 0.217. The van der Waals surface area contributed by atoms with E-state index in [1.54, 1.807) is 0 Å². The number of para-hydroxylation sites is 2. The van der Waals surface area contributed by atoms with Crippen LogP contribution in [-0.2, 0) is 18.8 Å². The molecule has 1 aliphatic rings. The molecule has 0 radical (unpaired) electrons. The highest BCUT2D eigenvalue weighted by molar-refractivity contribution is 5.94. The van der Waals surface area contributed by atoms with Crippen LogP contribution in [-0.4, -0.2) is 22.3 Å². The number of aryl methyl sites for hydroxylation is 2. The monoisotopic (exact) mass is 342 g/mol. The van der Waals surface area contributed by atoms with Crippen molar-refractivity contribution in [2.24, 2.45) is 14.1 Å². The molecule has 3 heteroatoms. The van der Waals surface area contributed by atoms with Crippen molar-refractivity contribution >= 4 is 27.4 Å². The zero-order valence-corrected chi connectivity index (χ0v) is 15.1. The maximum Gasteiger partial charge on any atom is 0.0721 e. The van der Waals surface area contributed by atoms with E-state index in [4.69, 9.17) is 4.74 Å². The van der Waals surface area contributed by atoms with Crippen LogP contribution in [0.2, 0.25) is 0 Å². The Balaban J connectivity index is 1.64. The molecule has 3 heterocycles. The number of nitrogens with zero attached hydrogens (tertiary/aromatic N) is 2. The van der Waals surface area contributed by atoms with Gasteiger partial charge in [0.15, 0.2) is 0 Å². The second-order valence-corrected chi connectivity index (χ2v) is 7.20. The molecule has 1 aliphatic heterocycles. The summed E-state index contributed by atoms with van der Waals surface area (Å²) in [6.07, 6.45) is 6.89. The molecule has 0 amide bonds. The van der Waals surface area contributed by atoms with E-state index in [9.17, 15) is 0 Å². The van der Waals surface area contributed by atoms with E-state index in [-0.39, 0.29) is 5.92 Å². The number of hydrogen-bond donors (Lipinski definition) is 0. The summed E-state index contributed by atoms with van der Waals surface area (Å²) in [4.78, 5) is 0. The van der Waals surface area contributed by atoms with Crippen LogP contribution in [0.3, 0.4) is 0 Å². The minimum atomic E-state index is 0.281. The Morgan fingerprint density at radius 3 is 2.31 bits per heavy atom. The molecule has 0 aliphatic carbocycles.